The van der Waals surface area contributed by atoms with Crippen molar-refractivity contribution in [2.45, 2.75) is 25.7 Å². The van der Waals surface area contributed by atoms with E-state index in [0.717, 1.165) is 31.4 Å². The summed E-state index contributed by atoms with van der Waals surface area (Å²) < 4.78 is 0. The Labute approximate surface area is 94.3 Å². The molecule has 0 saturated heterocycles. The number of rotatable bonds is 4. The molecular formula is C11H16N4O. The van der Waals surface area contributed by atoms with E-state index in [1.807, 2.05) is 0 Å². The third-order valence-electron chi connectivity index (χ3n) is 2.79. The maximum Gasteiger partial charge on any atom is 0.223 e. The lowest BCUT2D eigenvalue weighted by Gasteiger charge is -2.16. The number of nitrogens with zero attached hydrogens (tertiary/aromatic N) is 2. The molecule has 1 aliphatic rings. The molecule has 0 saturated carbocycles. The molecule has 1 heterocycles. The molecule has 0 spiro atoms. The summed E-state index contributed by atoms with van der Waals surface area (Å²) in [6, 6.07) is 0. The molecule has 0 radical (unpaired) electrons. The minimum Gasteiger partial charge on any atom is -0.355 e. The van der Waals surface area contributed by atoms with Crippen molar-refractivity contribution in [3.8, 4) is 0 Å². The van der Waals surface area contributed by atoms with Gasteiger partial charge in [-0.05, 0) is 19.3 Å². The predicted octanol–water partition coefficient (Wildman–Crippen LogP) is 0.820. The second-order valence-electron chi connectivity index (χ2n) is 3.98. The molecule has 1 aliphatic carbocycles. The van der Waals surface area contributed by atoms with Gasteiger partial charge in [-0.15, -0.1) is 0 Å². The molecule has 1 unspecified atom stereocenters. The van der Waals surface area contributed by atoms with Gasteiger partial charge in [0, 0.05) is 18.9 Å². The van der Waals surface area contributed by atoms with Crippen molar-refractivity contribution in [2.24, 2.45) is 5.92 Å². The quantitative estimate of drug-likeness (QED) is 0.738. The lowest BCUT2D eigenvalue weighted by Crippen LogP contribution is -2.32. The van der Waals surface area contributed by atoms with Crippen LogP contribution in [0.25, 0.3) is 0 Å². The van der Waals surface area contributed by atoms with E-state index in [0.29, 0.717) is 6.54 Å². The van der Waals surface area contributed by atoms with E-state index >= 15 is 0 Å². The average Bonchev–Trinajstić information content (AvgIpc) is 2.83. The fourth-order valence-electron chi connectivity index (χ4n) is 1.84. The van der Waals surface area contributed by atoms with Gasteiger partial charge < -0.3 is 5.32 Å². The van der Waals surface area contributed by atoms with Crippen molar-refractivity contribution in [3.05, 3.63) is 24.0 Å². The average molecular weight is 220 g/mol. The first kappa shape index (κ1) is 10.9. The summed E-state index contributed by atoms with van der Waals surface area (Å²) in [5, 5.41) is 13.1. The highest BCUT2D eigenvalue weighted by atomic mass is 16.1. The van der Waals surface area contributed by atoms with Gasteiger partial charge in [0.2, 0.25) is 5.91 Å². The zero-order valence-electron chi connectivity index (χ0n) is 9.15. The lowest BCUT2D eigenvalue weighted by atomic mass is 9.94. The maximum absolute atomic E-state index is 11.7. The van der Waals surface area contributed by atoms with Crippen LogP contribution in [0.5, 0.6) is 0 Å². The monoisotopic (exact) mass is 220 g/mol. The molecule has 1 aromatic heterocycles. The molecule has 0 aliphatic heterocycles. The summed E-state index contributed by atoms with van der Waals surface area (Å²) in [6.45, 7) is 0.631. The summed E-state index contributed by atoms with van der Waals surface area (Å²) in [4.78, 5) is 11.7. The van der Waals surface area contributed by atoms with Crippen LogP contribution in [0.2, 0.25) is 0 Å². The fraction of sp³-hybridized carbons (Fsp3) is 0.545. The van der Waals surface area contributed by atoms with E-state index < -0.39 is 0 Å². The molecule has 5 nitrogen and oxygen atoms in total. The molecule has 0 fully saturated rings. The van der Waals surface area contributed by atoms with Crippen molar-refractivity contribution < 1.29 is 4.79 Å². The molecule has 86 valence electrons. The number of aromatic nitrogens is 3. The van der Waals surface area contributed by atoms with Crippen LogP contribution in [-0.2, 0) is 11.2 Å². The standard InChI is InChI=1S/C11H16N4O/c16-11(9-4-2-1-3-5-9)12-7-6-10-8-13-15-14-10/h1-2,8-9H,3-7H2,(H,12,16)(H,13,14,15). The van der Waals surface area contributed by atoms with Crippen LogP contribution < -0.4 is 5.32 Å². The molecule has 5 heteroatoms. The molecule has 1 atom stereocenters. The molecule has 0 bridgehead atoms. The van der Waals surface area contributed by atoms with E-state index in [2.05, 4.69) is 32.9 Å². The predicted molar refractivity (Wildman–Crippen MR) is 59.6 cm³/mol. The van der Waals surface area contributed by atoms with Gasteiger partial charge in [-0.25, -0.2) is 0 Å². The van der Waals surface area contributed by atoms with Gasteiger partial charge >= 0.3 is 0 Å². The Morgan fingerprint density at radius 3 is 3.19 bits per heavy atom. The number of carbonyl (C=O) groups excluding carboxylic acids is 1. The Morgan fingerprint density at radius 2 is 2.50 bits per heavy atom. The van der Waals surface area contributed by atoms with Gasteiger partial charge in [0.25, 0.3) is 0 Å². The Morgan fingerprint density at radius 1 is 1.56 bits per heavy atom. The fourth-order valence-corrected chi connectivity index (χ4v) is 1.84. The number of carbonyl (C=O) groups is 1. The Bertz CT molecular complexity index is 358. The number of allylic oxidation sites excluding steroid dienone is 2. The van der Waals surface area contributed by atoms with Crippen molar-refractivity contribution in [1.82, 2.24) is 20.7 Å². The second-order valence-corrected chi connectivity index (χ2v) is 3.98. The zero-order chi connectivity index (χ0) is 11.2. The number of H-pyrrole nitrogens is 1. The number of hydrogen-bond acceptors (Lipinski definition) is 3. The minimum atomic E-state index is 0.155. The molecule has 0 aromatic carbocycles. The van der Waals surface area contributed by atoms with Crippen LogP contribution >= 0.6 is 0 Å². The van der Waals surface area contributed by atoms with E-state index in [4.69, 9.17) is 0 Å². The largest absolute Gasteiger partial charge is 0.355 e. The first-order valence-corrected chi connectivity index (χ1v) is 5.63. The summed E-state index contributed by atoms with van der Waals surface area (Å²) in [6.07, 6.45) is 9.48. The Balaban J connectivity index is 1.69. The van der Waals surface area contributed by atoms with E-state index in [1.165, 1.54) is 0 Å². The minimum absolute atomic E-state index is 0.155. The van der Waals surface area contributed by atoms with Gasteiger partial charge in [0.05, 0.1) is 11.9 Å². The van der Waals surface area contributed by atoms with E-state index in [9.17, 15) is 4.79 Å². The first-order chi connectivity index (χ1) is 7.86. The van der Waals surface area contributed by atoms with Crippen LogP contribution in [0, 0.1) is 5.92 Å². The Hall–Kier alpha value is -1.65. The van der Waals surface area contributed by atoms with E-state index in [-0.39, 0.29) is 11.8 Å². The first-order valence-electron chi connectivity index (χ1n) is 5.63. The van der Waals surface area contributed by atoms with Crippen molar-refractivity contribution >= 4 is 5.91 Å². The Kier molecular flexibility index (Phi) is 3.69. The highest BCUT2D eigenvalue weighted by Gasteiger charge is 2.17. The summed E-state index contributed by atoms with van der Waals surface area (Å²) >= 11 is 0. The third kappa shape index (κ3) is 2.92. The number of aromatic amines is 1. The van der Waals surface area contributed by atoms with Crippen LogP contribution in [0.15, 0.2) is 18.3 Å². The van der Waals surface area contributed by atoms with Crippen LogP contribution in [0.1, 0.15) is 25.0 Å². The van der Waals surface area contributed by atoms with Crippen LogP contribution in [-0.4, -0.2) is 27.9 Å². The van der Waals surface area contributed by atoms with Gasteiger partial charge in [0.15, 0.2) is 0 Å². The zero-order valence-corrected chi connectivity index (χ0v) is 9.15. The molecule has 1 amide bonds. The highest BCUT2D eigenvalue weighted by molar-refractivity contribution is 5.78. The highest BCUT2D eigenvalue weighted by Crippen LogP contribution is 2.17. The van der Waals surface area contributed by atoms with Crippen LogP contribution in [0.3, 0.4) is 0 Å². The van der Waals surface area contributed by atoms with Gasteiger partial charge in [-0.2, -0.15) is 15.4 Å². The number of nitrogens with one attached hydrogen (secondary N) is 2. The normalized spacial score (nSPS) is 19.6. The van der Waals surface area contributed by atoms with Gasteiger partial charge in [-0.1, -0.05) is 12.2 Å². The molecule has 16 heavy (non-hydrogen) atoms. The number of amides is 1. The lowest BCUT2D eigenvalue weighted by molar-refractivity contribution is -0.125. The maximum atomic E-state index is 11.7. The SMILES string of the molecule is O=C(NCCc1cn[nH]n1)C1CC=CCC1. The number of hydrogen-bond donors (Lipinski definition) is 2. The van der Waals surface area contributed by atoms with Gasteiger partial charge in [-0.3, -0.25) is 4.79 Å². The van der Waals surface area contributed by atoms with Crippen molar-refractivity contribution in [3.63, 3.8) is 0 Å². The van der Waals surface area contributed by atoms with Crippen molar-refractivity contribution in [2.75, 3.05) is 6.54 Å². The smallest absolute Gasteiger partial charge is 0.223 e. The molecule has 1 aromatic rings. The second kappa shape index (κ2) is 5.44. The molecule has 2 N–H and O–H groups in total. The summed E-state index contributed by atoms with van der Waals surface area (Å²) in [5.74, 6) is 0.315. The van der Waals surface area contributed by atoms with Crippen molar-refractivity contribution in [1.29, 1.82) is 0 Å². The van der Waals surface area contributed by atoms with E-state index in [1.54, 1.807) is 6.20 Å². The summed E-state index contributed by atoms with van der Waals surface area (Å²) in [5.41, 5.74) is 0.879. The topological polar surface area (TPSA) is 70.7 Å². The third-order valence-corrected chi connectivity index (χ3v) is 2.79. The molecular weight excluding hydrogens is 204 g/mol. The molecule has 2 rings (SSSR count). The van der Waals surface area contributed by atoms with Crippen LogP contribution in [0.4, 0.5) is 0 Å². The summed E-state index contributed by atoms with van der Waals surface area (Å²) in [7, 11) is 0. The van der Waals surface area contributed by atoms with Gasteiger partial charge in [0.1, 0.15) is 0 Å².